The van der Waals surface area contributed by atoms with Crippen molar-refractivity contribution in [1.29, 1.82) is 0 Å². The second-order valence-corrected chi connectivity index (χ2v) is 6.18. The maximum atomic E-state index is 12.2. The average Bonchev–Trinajstić information content (AvgIpc) is 2.71. The molecule has 2 amide bonds. The molecule has 1 aliphatic rings. The molecular formula is C14H12BrNO5S. The number of ether oxygens (including phenoxy) is 1. The van der Waals surface area contributed by atoms with Gasteiger partial charge in [0, 0.05) is 10.0 Å². The van der Waals surface area contributed by atoms with E-state index >= 15 is 0 Å². The first kappa shape index (κ1) is 16.6. The normalized spacial score (nSPS) is 16.5. The van der Waals surface area contributed by atoms with Gasteiger partial charge < -0.3 is 9.84 Å². The standard InChI is InChI=1S/C14H12BrNO5S/c1-2-21-12(18)7-16-13(19)11(22-14(16)20)6-8-5-9(15)3-4-10(8)17/h3-6,17H,2,7H2,1H3/b11-6+. The molecule has 0 aliphatic carbocycles. The number of esters is 1. The Hall–Kier alpha value is -1.80. The quantitative estimate of drug-likeness (QED) is 0.633. The molecule has 8 heteroatoms. The topological polar surface area (TPSA) is 83.9 Å². The van der Waals surface area contributed by atoms with Crippen LogP contribution < -0.4 is 0 Å². The molecule has 1 heterocycles. The first-order valence-corrected chi connectivity index (χ1v) is 7.92. The third-order valence-corrected chi connectivity index (χ3v) is 4.14. The van der Waals surface area contributed by atoms with Crippen molar-refractivity contribution >= 4 is 50.9 Å². The average molecular weight is 386 g/mol. The van der Waals surface area contributed by atoms with Gasteiger partial charge in [-0.25, -0.2) is 0 Å². The number of thioether (sulfide) groups is 1. The number of rotatable bonds is 4. The molecule has 1 aromatic carbocycles. The molecular weight excluding hydrogens is 374 g/mol. The number of hydrogen-bond acceptors (Lipinski definition) is 6. The number of aromatic hydroxyl groups is 1. The Balaban J connectivity index is 2.22. The molecule has 0 radical (unpaired) electrons. The Bertz CT molecular complexity index is 673. The molecule has 1 fully saturated rings. The molecule has 1 aromatic rings. The van der Waals surface area contributed by atoms with Gasteiger partial charge in [-0.3, -0.25) is 19.3 Å². The van der Waals surface area contributed by atoms with Gasteiger partial charge in [0.2, 0.25) is 0 Å². The van der Waals surface area contributed by atoms with E-state index in [1.807, 2.05) is 0 Å². The van der Waals surface area contributed by atoms with E-state index in [-0.39, 0.29) is 17.3 Å². The fraction of sp³-hybridized carbons (Fsp3) is 0.214. The van der Waals surface area contributed by atoms with E-state index in [1.165, 1.54) is 12.1 Å². The highest BCUT2D eigenvalue weighted by molar-refractivity contribution is 9.10. The zero-order valence-corrected chi connectivity index (χ0v) is 13.9. The second kappa shape index (κ2) is 6.97. The zero-order chi connectivity index (χ0) is 16.3. The third-order valence-electron chi connectivity index (χ3n) is 2.74. The SMILES string of the molecule is CCOC(=O)CN1C(=O)S/C(=C/c2cc(Br)ccc2O)C1=O. The van der Waals surface area contributed by atoms with Crippen molar-refractivity contribution in [3.05, 3.63) is 33.1 Å². The van der Waals surface area contributed by atoms with Crippen molar-refractivity contribution in [2.24, 2.45) is 0 Å². The van der Waals surface area contributed by atoms with Gasteiger partial charge in [0.1, 0.15) is 12.3 Å². The highest BCUT2D eigenvalue weighted by Gasteiger charge is 2.36. The molecule has 22 heavy (non-hydrogen) atoms. The van der Waals surface area contributed by atoms with Gasteiger partial charge in [-0.15, -0.1) is 0 Å². The Labute approximate surface area is 139 Å². The van der Waals surface area contributed by atoms with Crippen molar-refractivity contribution in [2.45, 2.75) is 6.92 Å². The maximum absolute atomic E-state index is 12.2. The predicted octanol–water partition coefficient (Wildman–Crippen LogP) is 2.75. The predicted molar refractivity (Wildman–Crippen MR) is 85.1 cm³/mol. The molecule has 6 nitrogen and oxygen atoms in total. The van der Waals surface area contributed by atoms with Crippen LogP contribution in [-0.4, -0.2) is 40.3 Å². The summed E-state index contributed by atoms with van der Waals surface area (Å²) in [4.78, 5) is 36.4. The summed E-state index contributed by atoms with van der Waals surface area (Å²) in [5, 5.41) is 9.23. The lowest BCUT2D eigenvalue weighted by Gasteiger charge is -2.10. The number of phenolic OH excluding ortho intramolecular Hbond substituents is 1. The van der Waals surface area contributed by atoms with Crippen LogP contribution in [0, 0.1) is 0 Å². The molecule has 0 bridgehead atoms. The molecule has 0 atom stereocenters. The van der Waals surface area contributed by atoms with E-state index in [1.54, 1.807) is 19.1 Å². The minimum absolute atomic E-state index is 0.0135. The van der Waals surface area contributed by atoms with Crippen molar-refractivity contribution < 1.29 is 24.2 Å². The van der Waals surface area contributed by atoms with Crippen LogP contribution in [0.1, 0.15) is 12.5 Å². The summed E-state index contributed by atoms with van der Waals surface area (Å²) in [5.41, 5.74) is 0.399. The Morgan fingerprint density at radius 3 is 2.86 bits per heavy atom. The van der Waals surface area contributed by atoms with E-state index < -0.39 is 23.7 Å². The van der Waals surface area contributed by atoms with Gasteiger partial charge in [-0.1, -0.05) is 15.9 Å². The van der Waals surface area contributed by atoms with Gasteiger partial charge in [0.05, 0.1) is 11.5 Å². The first-order chi connectivity index (χ1) is 10.4. The minimum atomic E-state index is -0.642. The van der Waals surface area contributed by atoms with Gasteiger partial charge in [0.15, 0.2) is 0 Å². The fourth-order valence-electron chi connectivity index (χ4n) is 1.75. The summed E-state index contributed by atoms with van der Waals surface area (Å²) in [6.45, 7) is 1.40. The Morgan fingerprint density at radius 2 is 2.18 bits per heavy atom. The zero-order valence-electron chi connectivity index (χ0n) is 11.5. The first-order valence-electron chi connectivity index (χ1n) is 6.32. The van der Waals surface area contributed by atoms with E-state index in [0.29, 0.717) is 17.3 Å². The van der Waals surface area contributed by atoms with Crippen LogP contribution in [0.3, 0.4) is 0 Å². The van der Waals surface area contributed by atoms with E-state index in [4.69, 9.17) is 4.74 Å². The lowest BCUT2D eigenvalue weighted by molar-refractivity contribution is -0.145. The number of halogens is 1. The molecule has 1 aliphatic heterocycles. The molecule has 116 valence electrons. The minimum Gasteiger partial charge on any atom is -0.507 e. The molecule has 0 unspecified atom stereocenters. The van der Waals surface area contributed by atoms with Crippen LogP contribution in [0.5, 0.6) is 5.75 Å². The van der Waals surface area contributed by atoms with Crippen LogP contribution in [0.25, 0.3) is 6.08 Å². The molecule has 1 N–H and O–H groups in total. The van der Waals surface area contributed by atoms with E-state index in [0.717, 1.165) is 9.37 Å². The summed E-state index contributed by atoms with van der Waals surface area (Å²) >= 11 is 3.98. The molecule has 0 saturated carbocycles. The summed E-state index contributed by atoms with van der Waals surface area (Å²) < 4.78 is 5.45. The van der Waals surface area contributed by atoms with Gasteiger partial charge in [-0.2, -0.15) is 0 Å². The number of amides is 2. The van der Waals surface area contributed by atoms with Gasteiger partial charge in [-0.05, 0) is 43.0 Å². The molecule has 0 spiro atoms. The number of hydrogen-bond donors (Lipinski definition) is 1. The van der Waals surface area contributed by atoms with Crippen molar-refractivity contribution in [3.8, 4) is 5.75 Å². The second-order valence-electron chi connectivity index (χ2n) is 4.28. The number of imide groups is 1. The number of nitrogens with zero attached hydrogens (tertiary/aromatic N) is 1. The Morgan fingerprint density at radius 1 is 1.45 bits per heavy atom. The lowest BCUT2D eigenvalue weighted by atomic mass is 10.2. The van der Waals surface area contributed by atoms with Gasteiger partial charge >= 0.3 is 5.97 Å². The van der Waals surface area contributed by atoms with Crippen LogP contribution >= 0.6 is 27.7 Å². The van der Waals surface area contributed by atoms with Crippen LogP contribution in [0.15, 0.2) is 27.6 Å². The summed E-state index contributed by atoms with van der Waals surface area (Å²) in [6.07, 6.45) is 1.41. The molecule has 2 rings (SSSR count). The van der Waals surface area contributed by atoms with Crippen molar-refractivity contribution in [3.63, 3.8) is 0 Å². The maximum Gasteiger partial charge on any atom is 0.326 e. The monoisotopic (exact) mass is 385 g/mol. The number of carbonyl (C=O) groups excluding carboxylic acids is 3. The third kappa shape index (κ3) is 3.69. The largest absolute Gasteiger partial charge is 0.507 e. The molecule has 1 saturated heterocycles. The van der Waals surface area contributed by atoms with Crippen molar-refractivity contribution in [2.75, 3.05) is 13.2 Å². The van der Waals surface area contributed by atoms with E-state index in [2.05, 4.69) is 15.9 Å². The number of benzene rings is 1. The number of phenols is 1. The highest BCUT2D eigenvalue weighted by atomic mass is 79.9. The summed E-state index contributed by atoms with van der Waals surface area (Å²) in [6, 6.07) is 4.74. The molecule has 0 aromatic heterocycles. The van der Waals surface area contributed by atoms with Gasteiger partial charge in [0.25, 0.3) is 11.1 Å². The van der Waals surface area contributed by atoms with Crippen LogP contribution in [0.4, 0.5) is 4.79 Å². The summed E-state index contributed by atoms with van der Waals surface area (Å²) in [5.74, 6) is -1.24. The highest BCUT2D eigenvalue weighted by Crippen LogP contribution is 2.34. The fourth-order valence-corrected chi connectivity index (χ4v) is 2.96. The number of carbonyl (C=O) groups is 3. The lowest BCUT2D eigenvalue weighted by Crippen LogP contribution is -2.34. The van der Waals surface area contributed by atoms with Crippen LogP contribution in [0.2, 0.25) is 0 Å². The Kier molecular flexibility index (Phi) is 5.25. The van der Waals surface area contributed by atoms with E-state index in [9.17, 15) is 19.5 Å². The van der Waals surface area contributed by atoms with Crippen LogP contribution in [-0.2, 0) is 14.3 Å². The van der Waals surface area contributed by atoms with Crippen molar-refractivity contribution in [1.82, 2.24) is 4.90 Å². The smallest absolute Gasteiger partial charge is 0.326 e. The summed E-state index contributed by atoms with van der Waals surface area (Å²) in [7, 11) is 0.